The molecule has 96 valence electrons. The SMILES string of the molecule is Cn1ncc(Cl)c1C(N)Cc1c(Cl)cccc1Cl. The van der Waals surface area contributed by atoms with Gasteiger partial charge >= 0.3 is 0 Å². The van der Waals surface area contributed by atoms with Gasteiger partial charge in [-0.1, -0.05) is 40.9 Å². The minimum Gasteiger partial charge on any atom is -0.322 e. The molecule has 2 rings (SSSR count). The lowest BCUT2D eigenvalue weighted by molar-refractivity contribution is 0.617. The lowest BCUT2D eigenvalue weighted by Gasteiger charge is -2.15. The number of rotatable bonds is 3. The first-order valence-corrected chi connectivity index (χ1v) is 6.50. The van der Waals surface area contributed by atoms with Crippen molar-refractivity contribution in [2.24, 2.45) is 12.8 Å². The maximum atomic E-state index is 6.15. The second-order valence-electron chi connectivity index (χ2n) is 4.01. The summed E-state index contributed by atoms with van der Waals surface area (Å²) in [4.78, 5) is 0. The number of benzene rings is 1. The third kappa shape index (κ3) is 2.64. The Morgan fingerprint density at radius 1 is 1.22 bits per heavy atom. The predicted molar refractivity (Wildman–Crippen MR) is 75.3 cm³/mol. The van der Waals surface area contributed by atoms with Crippen LogP contribution in [0.5, 0.6) is 0 Å². The number of halogens is 3. The standard InChI is InChI=1S/C12H12Cl3N3/c1-18-12(10(15)6-17-18)11(16)5-7-8(13)3-2-4-9(7)14/h2-4,6,11H,5,16H2,1H3. The van der Waals surface area contributed by atoms with Crippen LogP contribution in [0.4, 0.5) is 0 Å². The molecule has 0 aliphatic heterocycles. The Bertz CT molecular complexity index is 526. The molecule has 0 aliphatic rings. The Balaban J connectivity index is 2.30. The second-order valence-corrected chi connectivity index (χ2v) is 5.23. The molecule has 0 spiro atoms. The largest absolute Gasteiger partial charge is 0.322 e. The molecule has 1 aromatic carbocycles. The van der Waals surface area contributed by atoms with Crippen LogP contribution in [0.25, 0.3) is 0 Å². The summed E-state index contributed by atoms with van der Waals surface area (Å²) in [5.74, 6) is 0. The van der Waals surface area contributed by atoms with E-state index in [1.807, 2.05) is 0 Å². The average Bonchev–Trinajstić information content (AvgIpc) is 2.64. The molecule has 2 N–H and O–H groups in total. The van der Waals surface area contributed by atoms with Gasteiger partial charge < -0.3 is 5.73 Å². The fourth-order valence-electron chi connectivity index (χ4n) is 1.88. The molecule has 0 amide bonds. The third-order valence-electron chi connectivity index (χ3n) is 2.77. The molecular weight excluding hydrogens is 293 g/mol. The van der Waals surface area contributed by atoms with Gasteiger partial charge in [-0.2, -0.15) is 5.10 Å². The fourth-order valence-corrected chi connectivity index (χ4v) is 2.74. The number of aromatic nitrogens is 2. The number of nitrogens with zero attached hydrogens (tertiary/aromatic N) is 2. The van der Waals surface area contributed by atoms with Gasteiger partial charge in [0.25, 0.3) is 0 Å². The molecule has 3 nitrogen and oxygen atoms in total. The summed E-state index contributed by atoms with van der Waals surface area (Å²) in [5, 5.41) is 5.83. The summed E-state index contributed by atoms with van der Waals surface area (Å²) < 4.78 is 1.66. The van der Waals surface area contributed by atoms with Gasteiger partial charge in [-0.15, -0.1) is 0 Å². The van der Waals surface area contributed by atoms with Gasteiger partial charge in [0, 0.05) is 17.1 Å². The van der Waals surface area contributed by atoms with E-state index < -0.39 is 0 Å². The van der Waals surface area contributed by atoms with E-state index in [0.717, 1.165) is 11.3 Å². The highest BCUT2D eigenvalue weighted by molar-refractivity contribution is 6.36. The van der Waals surface area contributed by atoms with Crippen molar-refractivity contribution in [2.75, 3.05) is 0 Å². The lowest BCUT2D eigenvalue weighted by atomic mass is 10.0. The Hall–Kier alpha value is -0.740. The van der Waals surface area contributed by atoms with Gasteiger partial charge in [-0.25, -0.2) is 0 Å². The highest BCUT2D eigenvalue weighted by atomic mass is 35.5. The van der Waals surface area contributed by atoms with Crippen LogP contribution in [0.1, 0.15) is 17.3 Å². The van der Waals surface area contributed by atoms with Crippen molar-refractivity contribution < 1.29 is 0 Å². The highest BCUT2D eigenvalue weighted by Crippen LogP contribution is 2.30. The molecule has 0 radical (unpaired) electrons. The van der Waals surface area contributed by atoms with Crippen molar-refractivity contribution in [1.82, 2.24) is 9.78 Å². The van der Waals surface area contributed by atoms with Crippen LogP contribution in [0, 0.1) is 0 Å². The molecule has 0 aliphatic carbocycles. The zero-order valence-electron chi connectivity index (χ0n) is 9.70. The molecule has 0 saturated heterocycles. The Morgan fingerprint density at radius 3 is 2.33 bits per heavy atom. The molecule has 1 heterocycles. The lowest BCUT2D eigenvalue weighted by Crippen LogP contribution is -2.18. The maximum absolute atomic E-state index is 6.15. The molecule has 1 unspecified atom stereocenters. The van der Waals surface area contributed by atoms with Crippen LogP contribution in [-0.4, -0.2) is 9.78 Å². The van der Waals surface area contributed by atoms with E-state index in [0.29, 0.717) is 21.5 Å². The van der Waals surface area contributed by atoms with Gasteiger partial charge in [0.05, 0.1) is 23.0 Å². The number of hydrogen-bond donors (Lipinski definition) is 1. The molecule has 18 heavy (non-hydrogen) atoms. The van der Waals surface area contributed by atoms with Gasteiger partial charge in [0.2, 0.25) is 0 Å². The first kappa shape index (κ1) is 13.7. The van der Waals surface area contributed by atoms with E-state index in [2.05, 4.69) is 5.10 Å². The smallest absolute Gasteiger partial charge is 0.0834 e. The maximum Gasteiger partial charge on any atom is 0.0834 e. The molecule has 1 aromatic heterocycles. The van der Waals surface area contributed by atoms with Crippen LogP contribution < -0.4 is 5.73 Å². The Morgan fingerprint density at radius 2 is 1.83 bits per heavy atom. The van der Waals surface area contributed by atoms with Crippen molar-refractivity contribution in [2.45, 2.75) is 12.5 Å². The number of aryl methyl sites for hydroxylation is 1. The summed E-state index contributed by atoms with van der Waals surface area (Å²) in [7, 11) is 1.80. The zero-order valence-corrected chi connectivity index (χ0v) is 12.0. The summed E-state index contributed by atoms with van der Waals surface area (Å²) in [5.41, 5.74) is 7.74. The third-order valence-corrected chi connectivity index (χ3v) is 3.77. The number of nitrogens with two attached hydrogens (primary N) is 1. The normalized spacial score (nSPS) is 12.7. The topological polar surface area (TPSA) is 43.8 Å². The van der Waals surface area contributed by atoms with Crippen LogP contribution >= 0.6 is 34.8 Å². The zero-order chi connectivity index (χ0) is 13.3. The van der Waals surface area contributed by atoms with E-state index in [9.17, 15) is 0 Å². The minimum atomic E-state index is -0.303. The first-order chi connectivity index (χ1) is 8.50. The summed E-state index contributed by atoms with van der Waals surface area (Å²) >= 11 is 18.3. The highest BCUT2D eigenvalue weighted by Gasteiger charge is 2.18. The summed E-state index contributed by atoms with van der Waals surface area (Å²) in [6.07, 6.45) is 2.09. The summed E-state index contributed by atoms with van der Waals surface area (Å²) in [6, 6.07) is 5.08. The molecular formula is C12H12Cl3N3. The van der Waals surface area contributed by atoms with E-state index in [4.69, 9.17) is 40.5 Å². The minimum absolute atomic E-state index is 0.303. The Kier molecular flexibility index (Phi) is 4.17. The summed E-state index contributed by atoms with van der Waals surface area (Å²) in [6.45, 7) is 0. The van der Waals surface area contributed by atoms with E-state index >= 15 is 0 Å². The average molecular weight is 305 g/mol. The van der Waals surface area contributed by atoms with Crippen LogP contribution in [0.3, 0.4) is 0 Å². The Labute approximate surface area is 120 Å². The van der Waals surface area contributed by atoms with Gasteiger partial charge in [0.1, 0.15) is 0 Å². The van der Waals surface area contributed by atoms with Crippen molar-refractivity contribution in [1.29, 1.82) is 0 Å². The molecule has 1 atom stereocenters. The van der Waals surface area contributed by atoms with Gasteiger partial charge in [-0.3, -0.25) is 4.68 Å². The van der Waals surface area contributed by atoms with Crippen molar-refractivity contribution >= 4 is 34.8 Å². The fraction of sp³-hybridized carbons (Fsp3) is 0.250. The van der Waals surface area contributed by atoms with Crippen LogP contribution in [0.15, 0.2) is 24.4 Å². The predicted octanol–water partition coefficient (Wildman–Crippen LogP) is 3.62. The molecule has 0 bridgehead atoms. The van der Waals surface area contributed by atoms with Crippen molar-refractivity contribution in [3.63, 3.8) is 0 Å². The van der Waals surface area contributed by atoms with E-state index in [-0.39, 0.29) is 6.04 Å². The van der Waals surface area contributed by atoms with Crippen molar-refractivity contribution in [3.05, 3.63) is 50.7 Å². The molecule has 0 saturated carbocycles. The molecule has 0 fully saturated rings. The van der Waals surface area contributed by atoms with Crippen molar-refractivity contribution in [3.8, 4) is 0 Å². The van der Waals surface area contributed by atoms with Gasteiger partial charge in [-0.05, 0) is 24.1 Å². The monoisotopic (exact) mass is 303 g/mol. The second kappa shape index (κ2) is 5.49. The molecule has 2 aromatic rings. The number of hydrogen-bond acceptors (Lipinski definition) is 2. The first-order valence-electron chi connectivity index (χ1n) is 5.36. The van der Waals surface area contributed by atoms with E-state index in [1.165, 1.54) is 0 Å². The quantitative estimate of drug-likeness (QED) is 0.941. The molecule has 6 heteroatoms. The van der Waals surface area contributed by atoms with Gasteiger partial charge in [0.15, 0.2) is 0 Å². The van der Waals surface area contributed by atoms with Crippen LogP contribution in [-0.2, 0) is 13.5 Å². The van der Waals surface area contributed by atoms with Crippen LogP contribution in [0.2, 0.25) is 15.1 Å². The van der Waals surface area contributed by atoms with E-state index in [1.54, 1.807) is 36.1 Å².